The molecule has 0 aliphatic carbocycles. The molecule has 0 aromatic carbocycles. The van der Waals surface area contributed by atoms with E-state index in [-0.39, 0.29) is 5.91 Å². The van der Waals surface area contributed by atoms with Crippen LogP contribution in [-0.2, 0) is 11.3 Å². The van der Waals surface area contributed by atoms with Crippen LogP contribution in [0.5, 0.6) is 0 Å². The summed E-state index contributed by atoms with van der Waals surface area (Å²) in [4.78, 5) is 14.4. The van der Waals surface area contributed by atoms with Gasteiger partial charge in [-0.15, -0.1) is 11.3 Å². The topological polar surface area (TPSA) is 58.4 Å². The SMILES string of the molecule is CN(CCCC(=O)NN)Cc1cccs1. The molecule has 84 valence electrons. The second-order valence-electron chi connectivity index (χ2n) is 3.49. The highest BCUT2D eigenvalue weighted by molar-refractivity contribution is 7.09. The summed E-state index contributed by atoms with van der Waals surface area (Å²) in [6, 6.07) is 4.17. The number of hydrogen-bond acceptors (Lipinski definition) is 4. The Morgan fingerprint density at radius 3 is 3.07 bits per heavy atom. The third-order valence-corrected chi connectivity index (χ3v) is 2.97. The van der Waals surface area contributed by atoms with Crippen LogP contribution in [0.4, 0.5) is 0 Å². The average molecular weight is 227 g/mol. The Bertz CT molecular complexity index is 287. The first-order valence-electron chi connectivity index (χ1n) is 4.92. The molecular weight excluding hydrogens is 210 g/mol. The summed E-state index contributed by atoms with van der Waals surface area (Å²) in [6.45, 7) is 1.85. The van der Waals surface area contributed by atoms with Crippen LogP contribution in [0, 0.1) is 0 Å². The average Bonchev–Trinajstić information content (AvgIpc) is 2.70. The normalized spacial score (nSPS) is 10.6. The number of nitrogens with two attached hydrogens (primary N) is 1. The Balaban J connectivity index is 2.14. The first kappa shape index (κ1) is 12.2. The van der Waals surface area contributed by atoms with Crippen molar-refractivity contribution in [3.05, 3.63) is 22.4 Å². The lowest BCUT2D eigenvalue weighted by Crippen LogP contribution is -2.30. The number of carbonyl (C=O) groups excluding carboxylic acids is 1. The van der Waals surface area contributed by atoms with Crippen molar-refractivity contribution in [3.63, 3.8) is 0 Å². The van der Waals surface area contributed by atoms with E-state index >= 15 is 0 Å². The number of hydrazine groups is 1. The highest BCUT2D eigenvalue weighted by Crippen LogP contribution is 2.10. The van der Waals surface area contributed by atoms with Gasteiger partial charge in [0.2, 0.25) is 5.91 Å². The lowest BCUT2D eigenvalue weighted by atomic mass is 10.3. The van der Waals surface area contributed by atoms with Crippen LogP contribution in [-0.4, -0.2) is 24.4 Å². The number of nitrogens with one attached hydrogen (secondary N) is 1. The number of rotatable bonds is 6. The van der Waals surface area contributed by atoms with Crippen molar-refractivity contribution in [2.75, 3.05) is 13.6 Å². The van der Waals surface area contributed by atoms with Gasteiger partial charge in [0.1, 0.15) is 0 Å². The Labute approximate surface area is 94.0 Å². The van der Waals surface area contributed by atoms with Crippen molar-refractivity contribution >= 4 is 17.2 Å². The van der Waals surface area contributed by atoms with E-state index in [9.17, 15) is 4.79 Å². The van der Waals surface area contributed by atoms with Crippen molar-refractivity contribution in [2.45, 2.75) is 19.4 Å². The molecule has 0 saturated carbocycles. The Morgan fingerprint density at radius 2 is 2.47 bits per heavy atom. The minimum atomic E-state index is -0.0977. The zero-order valence-corrected chi connectivity index (χ0v) is 9.72. The fourth-order valence-electron chi connectivity index (χ4n) is 1.33. The van der Waals surface area contributed by atoms with E-state index in [0.29, 0.717) is 6.42 Å². The minimum absolute atomic E-state index is 0.0977. The summed E-state index contributed by atoms with van der Waals surface area (Å²) in [5.41, 5.74) is 2.13. The van der Waals surface area contributed by atoms with Gasteiger partial charge in [-0.1, -0.05) is 6.07 Å². The van der Waals surface area contributed by atoms with Gasteiger partial charge in [0.05, 0.1) is 0 Å². The maximum absolute atomic E-state index is 10.9. The molecule has 3 N–H and O–H groups in total. The molecule has 0 atom stereocenters. The molecule has 1 aromatic heterocycles. The van der Waals surface area contributed by atoms with Crippen molar-refractivity contribution in [1.82, 2.24) is 10.3 Å². The standard InChI is InChI=1S/C10H17N3OS/c1-13(6-2-5-10(14)12-11)8-9-4-3-7-15-9/h3-4,7H,2,5-6,8,11H2,1H3,(H,12,14). The summed E-state index contributed by atoms with van der Waals surface area (Å²) in [5.74, 6) is 4.89. The minimum Gasteiger partial charge on any atom is -0.301 e. The van der Waals surface area contributed by atoms with Gasteiger partial charge in [-0.25, -0.2) is 5.84 Å². The number of carbonyl (C=O) groups is 1. The second-order valence-corrected chi connectivity index (χ2v) is 4.52. The molecule has 1 heterocycles. The predicted molar refractivity (Wildman–Crippen MR) is 62.2 cm³/mol. The first-order chi connectivity index (χ1) is 7.22. The molecule has 0 aliphatic rings. The largest absolute Gasteiger partial charge is 0.301 e. The van der Waals surface area contributed by atoms with Gasteiger partial charge in [-0.2, -0.15) is 0 Å². The quantitative estimate of drug-likeness (QED) is 0.432. The van der Waals surface area contributed by atoms with Crippen LogP contribution in [0.2, 0.25) is 0 Å². The van der Waals surface area contributed by atoms with Crippen molar-refractivity contribution in [1.29, 1.82) is 0 Å². The lowest BCUT2D eigenvalue weighted by molar-refractivity contribution is -0.121. The van der Waals surface area contributed by atoms with E-state index in [2.05, 4.69) is 34.9 Å². The van der Waals surface area contributed by atoms with Crippen LogP contribution in [0.1, 0.15) is 17.7 Å². The van der Waals surface area contributed by atoms with Crippen LogP contribution < -0.4 is 11.3 Å². The maximum Gasteiger partial charge on any atom is 0.233 e. The smallest absolute Gasteiger partial charge is 0.233 e. The number of thiophene rings is 1. The van der Waals surface area contributed by atoms with E-state index in [0.717, 1.165) is 19.5 Å². The van der Waals surface area contributed by atoms with Gasteiger partial charge >= 0.3 is 0 Å². The Kier molecular flexibility index (Phi) is 5.31. The third-order valence-electron chi connectivity index (χ3n) is 2.11. The molecule has 1 rings (SSSR count). The number of amides is 1. The molecule has 4 nitrogen and oxygen atoms in total. The van der Waals surface area contributed by atoms with Crippen LogP contribution in [0.15, 0.2) is 17.5 Å². The summed E-state index contributed by atoms with van der Waals surface area (Å²) in [5, 5.41) is 2.07. The van der Waals surface area contributed by atoms with E-state index in [1.807, 2.05) is 0 Å². The molecule has 1 amide bonds. The van der Waals surface area contributed by atoms with E-state index in [1.165, 1.54) is 4.88 Å². The lowest BCUT2D eigenvalue weighted by Gasteiger charge is -2.14. The first-order valence-corrected chi connectivity index (χ1v) is 5.80. The molecule has 0 unspecified atom stereocenters. The van der Waals surface area contributed by atoms with Crippen molar-refractivity contribution in [3.8, 4) is 0 Å². The molecule has 0 spiro atoms. The van der Waals surface area contributed by atoms with Crippen LogP contribution >= 0.6 is 11.3 Å². The molecule has 0 fully saturated rings. The molecule has 0 saturated heterocycles. The van der Waals surface area contributed by atoms with E-state index in [4.69, 9.17) is 5.84 Å². The second kappa shape index (κ2) is 6.55. The van der Waals surface area contributed by atoms with Gasteiger partial charge in [-0.05, 0) is 31.5 Å². The Hall–Kier alpha value is -0.910. The number of nitrogens with zero attached hydrogens (tertiary/aromatic N) is 1. The zero-order valence-electron chi connectivity index (χ0n) is 8.90. The van der Waals surface area contributed by atoms with Crippen molar-refractivity contribution < 1.29 is 4.79 Å². The van der Waals surface area contributed by atoms with E-state index < -0.39 is 0 Å². The van der Waals surface area contributed by atoms with E-state index in [1.54, 1.807) is 11.3 Å². The van der Waals surface area contributed by atoms with Crippen LogP contribution in [0.3, 0.4) is 0 Å². The van der Waals surface area contributed by atoms with Gasteiger partial charge in [0.25, 0.3) is 0 Å². The van der Waals surface area contributed by atoms with Gasteiger partial charge in [0, 0.05) is 17.8 Å². The molecule has 1 aromatic rings. The number of hydrogen-bond donors (Lipinski definition) is 2. The molecule has 0 aliphatic heterocycles. The molecule has 5 heteroatoms. The highest BCUT2D eigenvalue weighted by Gasteiger charge is 2.03. The predicted octanol–water partition coefficient (Wildman–Crippen LogP) is 0.950. The fourth-order valence-corrected chi connectivity index (χ4v) is 2.11. The summed E-state index contributed by atoms with van der Waals surface area (Å²) in [7, 11) is 2.06. The zero-order chi connectivity index (χ0) is 11.1. The molecule has 0 bridgehead atoms. The summed E-state index contributed by atoms with van der Waals surface area (Å²) in [6.07, 6.45) is 1.33. The monoisotopic (exact) mass is 227 g/mol. The van der Waals surface area contributed by atoms with Gasteiger partial charge < -0.3 is 4.90 Å². The van der Waals surface area contributed by atoms with Crippen LogP contribution in [0.25, 0.3) is 0 Å². The Morgan fingerprint density at radius 1 is 1.67 bits per heavy atom. The summed E-state index contributed by atoms with van der Waals surface area (Å²) < 4.78 is 0. The third kappa shape index (κ3) is 4.92. The van der Waals surface area contributed by atoms with Crippen molar-refractivity contribution in [2.24, 2.45) is 5.84 Å². The molecule has 15 heavy (non-hydrogen) atoms. The van der Waals surface area contributed by atoms with Gasteiger partial charge in [-0.3, -0.25) is 10.2 Å². The fraction of sp³-hybridized carbons (Fsp3) is 0.500. The van der Waals surface area contributed by atoms with Gasteiger partial charge in [0.15, 0.2) is 0 Å². The summed E-state index contributed by atoms with van der Waals surface area (Å²) >= 11 is 1.75. The maximum atomic E-state index is 10.9. The highest BCUT2D eigenvalue weighted by atomic mass is 32.1. The molecular formula is C10H17N3OS. The molecule has 0 radical (unpaired) electrons.